The smallest absolute Gasteiger partial charge is 0.253 e. The van der Waals surface area contributed by atoms with Crippen LogP contribution in [0.3, 0.4) is 0 Å². The fourth-order valence-electron chi connectivity index (χ4n) is 3.42. The zero-order chi connectivity index (χ0) is 27.5. The lowest BCUT2D eigenvalue weighted by molar-refractivity contribution is -0.120. The van der Waals surface area contributed by atoms with Crippen LogP contribution in [0.4, 0.5) is 5.69 Å². The number of thioether (sulfide) groups is 1. The number of carbonyl (C=O) groups is 1. The molecule has 10 nitrogen and oxygen atoms in total. The Balaban J connectivity index is 1.26. The van der Waals surface area contributed by atoms with Crippen molar-refractivity contribution in [3.05, 3.63) is 96.7 Å². The fraction of sp³-hybridized carbons (Fsp3) is 0.214. The molecule has 202 valence electrons. The molecular weight excluding hydrogens is 516 g/mol. The lowest BCUT2D eigenvalue weighted by Gasteiger charge is -2.12. The first-order chi connectivity index (χ1) is 19.1. The number of rotatable bonds is 14. The van der Waals surface area contributed by atoms with Gasteiger partial charge >= 0.3 is 0 Å². The minimum absolute atomic E-state index is 0.258. The zero-order valence-electron chi connectivity index (χ0n) is 21.7. The molecule has 0 spiro atoms. The van der Waals surface area contributed by atoms with Crippen LogP contribution in [0.15, 0.2) is 94.1 Å². The molecule has 0 bridgehead atoms. The number of nitrogens with one attached hydrogen (secondary N) is 2. The van der Waals surface area contributed by atoms with E-state index < -0.39 is 5.25 Å². The summed E-state index contributed by atoms with van der Waals surface area (Å²) in [6.07, 6.45) is 3.22. The van der Waals surface area contributed by atoms with E-state index >= 15 is 0 Å². The van der Waals surface area contributed by atoms with Gasteiger partial charge in [0.2, 0.25) is 0 Å². The van der Waals surface area contributed by atoms with Gasteiger partial charge in [0.25, 0.3) is 5.91 Å². The number of aromatic nitrogens is 3. The van der Waals surface area contributed by atoms with Crippen LogP contribution in [0.25, 0.3) is 0 Å². The summed E-state index contributed by atoms with van der Waals surface area (Å²) in [4.78, 5) is 12.6. The van der Waals surface area contributed by atoms with Gasteiger partial charge < -0.3 is 23.8 Å². The molecule has 0 unspecified atom stereocenters. The maximum atomic E-state index is 12.6. The van der Waals surface area contributed by atoms with Crippen molar-refractivity contribution in [3.63, 3.8) is 0 Å². The Hall–Kier alpha value is -4.51. The number of anilines is 1. The molecule has 2 N–H and O–H groups in total. The highest BCUT2D eigenvalue weighted by atomic mass is 32.2. The molecule has 0 aliphatic heterocycles. The summed E-state index contributed by atoms with van der Waals surface area (Å²) in [6, 6.07) is 20.7. The summed E-state index contributed by atoms with van der Waals surface area (Å²) in [7, 11) is 1.61. The van der Waals surface area contributed by atoms with Gasteiger partial charge in [-0.1, -0.05) is 36.0 Å². The van der Waals surface area contributed by atoms with Crippen molar-refractivity contribution in [3.8, 4) is 11.5 Å². The summed E-state index contributed by atoms with van der Waals surface area (Å²) in [5.41, 5.74) is 3.54. The zero-order valence-corrected chi connectivity index (χ0v) is 22.6. The van der Waals surface area contributed by atoms with Crippen molar-refractivity contribution >= 4 is 29.6 Å². The number of methoxy groups -OCH3 is 1. The van der Waals surface area contributed by atoms with Crippen LogP contribution >= 0.6 is 11.8 Å². The SMILES string of the molecule is C=CCn1c(CNc2ccccc2)nnc1S[C@H](C)C(=O)N/N=C\c1ccc(COc2ccc(OC)cc2)o1. The molecule has 0 aliphatic rings. The quantitative estimate of drug-likeness (QED) is 0.0994. The predicted molar refractivity (Wildman–Crippen MR) is 151 cm³/mol. The second kappa shape index (κ2) is 13.9. The predicted octanol–water partition coefficient (Wildman–Crippen LogP) is 4.89. The Kier molecular flexibility index (Phi) is 9.79. The number of allylic oxidation sites excluding steroid dienone is 1. The molecule has 0 aliphatic carbocycles. The van der Waals surface area contributed by atoms with Gasteiger partial charge in [0.15, 0.2) is 11.0 Å². The molecule has 0 fully saturated rings. The number of hydrogen-bond donors (Lipinski definition) is 2. The first kappa shape index (κ1) is 27.5. The monoisotopic (exact) mass is 546 g/mol. The maximum Gasteiger partial charge on any atom is 0.253 e. The number of ether oxygens (including phenoxy) is 2. The topological polar surface area (TPSA) is 116 Å². The maximum absolute atomic E-state index is 12.6. The van der Waals surface area contributed by atoms with E-state index in [9.17, 15) is 4.79 Å². The summed E-state index contributed by atoms with van der Waals surface area (Å²) < 4.78 is 18.5. The van der Waals surface area contributed by atoms with Gasteiger partial charge in [0.05, 0.1) is 25.1 Å². The van der Waals surface area contributed by atoms with Crippen molar-refractivity contribution < 1.29 is 18.7 Å². The lowest BCUT2D eigenvalue weighted by Crippen LogP contribution is -2.27. The Labute approximate surface area is 231 Å². The Morgan fingerprint density at radius 3 is 2.64 bits per heavy atom. The molecule has 4 rings (SSSR count). The highest BCUT2D eigenvalue weighted by Gasteiger charge is 2.19. The minimum Gasteiger partial charge on any atom is -0.497 e. The molecule has 39 heavy (non-hydrogen) atoms. The van der Waals surface area contributed by atoms with E-state index in [-0.39, 0.29) is 12.5 Å². The molecule has 1 amide bonds. The van der Waals surface area contributed by atoms with Gasteiger partial charge in [-0.15, -0.1) is 16.8 Å². The Morgan fingerprint density at radius 2 is 1.90 bits per heavy atom. The van der Waals surface area contributed by atoms with Crippen molar-refractivity contribution in [2.45, 2.75) is 37.0 Å². The minimum atomic E-state index is -0.463. The van der Waals surface area contributed by atoms with Crippen LogP contribution in [0.5, 0.6) is 11.5 Å². The number of hydrogen-bond acceptors (Lipinski definition) is 9. The van der Waals surface area contributed by atoms with Gasteiger partial charge in [-0.2, -0.15) is 5.10 Å². The third-order valence-corrected chi connectivity index (χ3v) is 6.55. The van der Waals surface area contributed by atoms with Gasteiger partial charge in [0, 0.05) is 12.2 Å². The molecule has 0 saturated carbocycles. The Morgan fingerprint density at radius 1 is 1.13 bits per heavy atom. The van der Waals surface area contributed by atoms with Gasteiger partial charge in [0.1, 0.15) is 29.6 Å². The average molecular weight is 547 g/mol. The van der Waals surface area contributed by atoms with Crippen LogP contribution < -0.4 is 20.2 Å². The molecule has 11 heteroatoms. The van der Waals surface area contributed by atoms with E-state index in [2.05, 4.69) is 32.6 Å². The molecule has 2 aromatic heterocycles. The van der Waals surface area contributed by atoms with Crippen LogP contribution in [0, 0.1) is 0 Å². The van der Waals surface area contributed by atoms with E-state index in [1.807, 2.05) is 59.2 Å². The van der Waals surface area contributed by atoms with E-state index in [1.54, 1.807) is 32.2 Å². The van der Waals surface area contributed by atoms with Gasteiger partial charge in [-0.25, -0.2) is 5.43 Å². The number of benzene rings is 2. The highest BCUT2D eigenvalue weighted by molar-refractivity contribution is 8.00. The molecule has 2 aromatic carbocycles. The average Bonchev–Trinajstić information content (AvgIpc) is 3.58. The second-order valence-corrected chi connectivity index (χ2v) is 9.59. The third kappa shape index (κ3) is 7.99. The molecule has 1 atom stereocenters. The fourth-order valence-corrected chi connectivity index (χ4v) is 4.29. The van der Waals surface area contributed by atoms with Gasteiger partial charge in [-0.3, -0.25) is 4.79 Å². The highest BCUT2D eigenvalue weighted by Crippen LogP contribution is 2.23. The van der Waals surface area contributed by atoms with E-state index in [4.69, 9.17) is 13.9 Å². The summed E-state index contributed by atoms with van der Waals surface area (Å²) in [6.45, 7) is 6.89. The standard InChI is InChI=1S/C28H30N6O4S/c1-4-16-34-26(18-29-21-8-6-5-7-9-21)31-33-28(34)39-20(2)27(35)32-30-17-24-14-15-25(38-24)19-37-23-12-10-22(36-3)11-13-23/h4-15,17,20,29H,1,16,18-19H2,2-3H3,(H,32,35)/b30-17-/t20-/m1/s1. The molecule has 0 radical (unpaired) electrons. The van der Waals surface area contributed by atoms with E-state index in [1.165, 1.54) is 18.0 Å². The molecular formula is C28H30N6O4S. The number of amides is 1. The molecule has 0 saturated heterocycles. The van der Waals surface area contributed by atoms with Crippen molar-refractivity contribution in [1.82, 2.24) is 20.2 Å². The third-order valence-electron chi connectivity index (χ3n) is 5.47. The number of para-hydroxylation sites is 1. The number of furan rings is 1. The lowest BCUT2D eigenvalue weighted by atomic mass is 10.3. The van der Waals surface area contributed by atoms with Crippen LogP contribution in [-0.4, -0.2) is 39.2 Å². The largest absolute Gasteiger partial charge is 0.497 e. The number of carbonyl (C=O) groups excluding carboxylic acids is 1. The van der Waals surface area contributed by atoms with Crippen molar-refractivity contribution in [2.24, 2.45) is 5.10 Å². The van der Waals surface area contributed by atoms with Crippen LogP contribution in [0.2, 0.25) is 0 Å². The normalized spacial score (nSPS) is 11.7. The summed E-state index contributed by atoms with van der Waals surface area (Å²) in [5, 5.41) is 16.1. The van der Waals surface area contributed by atoms with E-state index in [0.717, 1.165) is 17.3 Å². The summed E-state index contributed by atoms with van der Waals surface area (Å²) in [5.74, 6) is 3.05. The number of nitrogens with zero attached hydrogens (tertiary/aromatic N) is 4. The second-order valence-electron chi connectivity index (χ2n) is 8.28. The van der Waals surface area contributed by atoms with Crippen LogP contribution in [0.1, 0.15) is 24.3 Å². The van der Waals surface area contributed by atoms with Crippen molar-refractivity contribution in [2.75, 3.05) is 12.4 Å². The first-order valence-electron chi connectivity index (χ1n) is 12.2. The first-order valence-corrected chi connectivity index (χ1v) is 13.1. The number of hydrazone groups is 1. The molecule has 4 aromatic rings. The van der Waals surface area contributed by atoms with Crippen LogP contribution in [-0.2, 0) is 24.5 Å². The van der Waals surface area contributed by atoms with Crippen molar-refractivity contribution in [1.29, 1.82) is 0 Å². The summed E-state index contributed by atoms with van der Waals surface area (Å²) >= 11 is 1.30. The van der Waals surface area contributed by atoms with Gasteiger partial charge in [-0.05, 0) is 55.5 Å². The van der Waals surface area contributed by atoms with E-state index in [0.29, 0.717) is 35.5 Å². The molecule has 2 heterocycles. The Bertz CT molecular complexity index is 1380.